The van der Waals surface area contributed by atoms with E-state index in [4.69, 9.17) is 14.6 Å². The van der Waals surface area contributed by atoms with Gasteiger partial charge < -0.3 is 25.2 Å². The molecule has 0 saturated carbocycles. The Bertz CT molecular complexity index is 978. The van der Waals surface area contributed by atoms with Crippen molar-refractivity contribution in [3.8, 4) is 11.1 Å². The van der Waals surface area contributed by atoms with Crippen LogP contribution in [-0.4, -0.2) is 55.0 Å². The summed E-state index contributed by atoms with van der Waals surface area (Å²) in [6.45, 7) is 2.22. The van der Waals surface area contributed by atoms with E-state index >= 15 is 0 Å². The summed E-state index contributed by atoms with van der Waals surface area (Å²) >= 11 is 0. The SMILES string of the molecule is CC(CNC(=O)OCC1c2ccccc2-c2ccccc21)C(=O)NC1CCOC1C(=O)O. The van der Waals surface area contributed by atoms with Gasteiger partial charge >= 0.3 is 12.1 Å². The van der Waals surface area contributed by atoms with Crippen LogP contribution in [0.3, 0.4) is 0 Å². The Hall–Kier alpha value is -3.39. The Kier molecular flexibility index (Phi) is 6.41. The number of amides is 2. The van der Waals surface area contributed by atoms with E-state index in [1.54, 1.807) is 6.92 Å². The number of aliphatic carboxylic acids is 1. The molecule has 0 bridgehead atoms. The van der Waals surface area contributed by atoms with Crippen molar-refractivity contribution >= 4 is 18.0 Å². The standard InChI is InChI=1S/C24H26N2O6/c1-14(22(27)26-20-10-11-31-21(20)23(28)29)12-25-24(30)32-13-19-17-8-4-2-6-15(17)16-7-3-5-9-18(16)19/h2-9,14,19-21H,10-13H2,1H3,(H,25,30)(H,26,27)(H,28,29). The van der Waals surface area contributed by atoms with E-state index in [0.717, 1.165) is 22.3 Å². The van der Waals surface area contributed by atoms with Crippen molar-refractivity contribution in [1.29, 1.82) is 0 Å². The van der Waals surface area contributed by atoms with Gasteiger partial charge in [0.05, 0.1) is 12.0 Å². The van der Waals surface area contributed by atoms with Crippen molar-refractivity contribution in [3.63, 3.8) is 0 Å². The fourth-order valence-corrected chi connectivity index (χ4v) is 4.28. The van der Waals surface area contributed by atoms with Gasteiger partial charge in [0, 0.05) is 19.1 Å². The van der Waals surface area contributed by atoms with Crippen molar-refractivity contribution in [1.82, 2.24) is 10.6 Å². The first-order valence-corrected chi connectivity index (χ1v) is 10.7. The maximum atomic E-state index is 12.4. The summed E-state index contributed by atoms with van der Waals surface area (Å²) in [5, 5.41) is 14.5. The summed E-state index contributed by atoms with van der Waals surface area (Å²) in [4.78, 5) is 35.8. The van der Waals surface area contributed by atoms with Crippen LogP contribution in [0.1, 0.15) is 30.4 Å². The number of hydrogen-bond donors (Lipinski definition) is 3. The minimum absolute atomic E-state index is 0.0378. The number of rotatable bonds is 7. The smallest absolute Gasteiger partial charge is 0.407 e. The molecule has 1 aliphatic heterocycles. The summed E-state index contributed by atoms with van der Waals surface area (Å²) in [6.07, 6.45) is -1.20. The number of alkyl carbamates (subject to hydrolysis) is 1. The second-order valence-corrected chi connectivity index (χ2v) is 8.14. The molecule has 1 heterocycles. The van der Waals surface area contributed by atoms with Crippen LogP contribution in [0, 0.1) is 5.92 Å². The third kappa shape index (κ3) is 4.45. The molecule has 1 aliphatic carbocycles. The van der Waals surface area contributed by atoms with E-state index in [1.165, 1.54) is 0 Å². The highest BCUT2D eigenvalue weighted by atomic mass is 16.5. The van der Waals surface area contributed by atoms with Crippen LogP contribution in [0.2, 0.25) is 0 Å². The van der Waals surface area contributed by atoms with Gasteiger partial charge in [0.2, 0.25) is 5.91 Å². The quantitative estimate of drug-likeness (QED) is 0.612. The van der Waals surface area contributed by atoms with Crippen LogP contribution in [0.5, 0.6) is 0 Å². The minimum Gasteiger partial charge on any atom is -0.479 e. The van der Waals surface area contributed by atoms with Gasteiger partial charge in [-0.25, -0.2) is 9.59 Å². The number of fused-ring (bicyclic) bond motifs is 3. The average molecular weight is 438 g/mol. The van der Waals surface area contributed by atoms with Gasteiger partial charge in [-0.2, -0.15) is 0 Å². The number of carbonyl (C=O) groups excluding carboxylic acids is 2. The number of carboxylic acids is 1. The Morgan fingerprint density at radius 1 is 1.09 bits per heavy atom. The van der Waals surface area contributed by atoms with Gasteiger partial charge in [0.1, 0.15) is 6.61 Å². The summed E-state index contributed by atoms with van der Waals surface area (Å²) in [6, 6.07) is 15.6. The summed E-state index contributed by atoms with van der Waals surface area (Å²) < 4.78 is 10.6. The third-order valence-corrected chi connectivity index (χ3v) is 6.01. The highest BCUT2D eigenvalue weighted by Gasteiger charge is 2.36. The van der Waals surface area contributed by atoms with Crippen LogP contribution < -0.4 is 10.6 Å². The molecule has 2 aliphatic rings. The molecule has 0 radical (unpaired) electrons. The molecule has 8 heteroatoms. The molecule has 2 aromatic carbocycles. The van der Waals surface area contributed by atoms with E-state index in [1.807, 2.05) is 36.4 Å². The number of nitrogens with one attached hydrogen (secondary N) is 2. The number of carbonyl (C=O) groups is 3. The predicted molar refractivity (Wildman–Crippen MR) is 116 cm³/mol. The fourth-order valence-electron chi connectivity index (χ4n) is 4.28. The van der Waals surface area contributed by atoms with Crippen molar-refractivity contribution in [2.45, 2.75) is 31.4 Å². The molecule has 8 nitrogen and oxygen atoms in total. The normalized spacial score (nSPS) is 20.2. The van der Waals surface area contributed by atoms with E-state index in [-0.39, 0.29) is 31.6 Å². The van der Waals surface area contributed by atoms with Gasteiger partial charge in [-0.15, -0.1) is 0 Å². The van der Waals surface area contributed by atoms with E-state index in [0.29, 0.717) is 6.42 Å². The zero-order valence-electron chi connectivity index (χ0n) is 17.7. The average Bonchev–Trinajstić information content (AvgIpc) is 3.38. The van der Waals surface area contributed by atoms with Gasteiger partial charge in [0.15, 0.2) is 6.10 Å². The summed E-state index contributed by atoms with van der Waals surface area (Å²) in [7, 11) is 0. The molecule has 3 atom stereocenters. The third-order valence-electron chi connectivity index (χ3n) is 6.01. The molecule has 3 unspecified atom stereocenters. The van der Waals surface area contributed by atoms with Gasteiger partial charge in [-0.05, 0) is 28.7 Å². The van der Waals surface area contributed by atoms with E-state index in [9.17, 15) is 14.4 Å². The molecule has 0 aromatic heterocycles. The second-order valence-electron chi connectivity index (χ2n) is 8.14. The predicted octanol–water partition coefficient (Wildman–Crippen LogP) is 2.52. The largest absolute Gasteiger partial charge is 0.479 e. The number of hydrogen-bond acceptors (Lipinski definition) is 5. The molecule has 3 N–H and O–H groups in total. The molecular weight excluding hydrogens is 412 g/mol. The van der Waals surface area contributed by atoms with Crippen LogP contribution >= 0.6 is 0 Å². The van der Waals surface area contributed by atoms with Crippen molar-refractivity contribution < 1.29 is 29.0 Å². The van der Waals surface area contributed by atoms with Crippen LogP contribution in [0.15, 0.2) is 48.5 Å². The molecule has 1 fully saturated rings. The minimum atomic E-state index is -1.10. The van der Waals surface area contributed by atoms with Crippen molar-refractivity contribution in [3.05, 3.63) is 59.7 Å². The Morgan fingerprint density at radius 2 is 1.72 bits per heavy atom. The Balaban J connectivity index is 1.28. The van der Waals surface area contributed by atoms with E-state index < -0.39 is 30.1 Å². The monoisotopic (exact) mass is 438 g/mol. The van der Waals surface area contributed by atoms with Crippen molar-refractivity contribution in [2.24, 2.45) is 5.92 Å². The highest BCUT2D eigenvalue weighted by Crippen LogP contribution is 2.44. The van der Waals surface area contributed by atoms with Crippen LogP contribution in [0.25, 0.3) is 11.1 Å². The Labute approximate surface area is 185 Å². The zero-order valence-corrected chi connectivity index (χ0v) is 17.7. The summed E-state index contributed by atoms with van der Waals surface area (Å²) in [5.41, 5.74) is 4.55. The molecule has 4 rings (SSSR count). The van der Waals surface area contributed by atoms with Crippen molar-refractivity contribution in [2.75, 3.05) is 19.8 Å². The summed E-state index contributed by atoms with van der Waals surface area (Å²) in [5.74, 6) is -2.03. The molecular formula is C24H26N2O6. The fraction of sp³-hybridized carbons (Fsp3) is 0.375. The number of carboxylic acid groups (broad SMARTS) is 1. The van der Waals surface area contributed by atoms with Gasteiger partial charge in [0.25, 0.3) is 0 Å². The lowest BCUT2D eigenvalue weighted by molar-refractivity contribution is -0.148. The van der Waals surface area contributed by atoms with Gasteiger partial charge in [-0.3, -0.25) is 4.79 Å². The lowest BCUT2D eigenvalue weighted by Crippen LogP contribution is -2.47. The number of ether oxygens (including phenoxy) is 2. The first-order chi connectivity index (χ1) is 15.5. The highest BCUT2D eigenvalue weighted by molar-refractivity contribution is 5.82. The first kappa shape index (κ1) is 21.8. The molecule has 2 aromatic rings. The second kappa shape index (κ2) is 9.40. The van der Waals surface area contributed by atoms with Crippen LogP contribution in [-0.2, 0) is 19.1 Å². The maximum Gasteiger partial charge on any atom is 0.407 e. The lowest BCUT2D eigenvalue weighted by Gasteiger charge is -2.20. The molecule has 0 spiro atoms. The van der Waals surface area contributed by atoms with E-state index in [2.05, 4.69) is 22.8 Å². The zero-order chi connectivity index (χ0) is 22.7. The van der Waals surface area contributed by atoms with Crippen LogP contribution in [0.4, 0.5) is 4.79 Å². The topological polar surface area (TPSA) is 114 Å². The van der Waals surface area contributed by atoms with Gasteiger partial charge in [-0.1, -0.05) is 55.5 Å². The Morgan fingerprint density at radius 3 is 2.34 bits per heavy atom. The number of benzene rings is 2. The molecule has 1 saturated heterocycles. The molecule has 168 valence electrons. The maximum absolute atomic E-state index is 12.4. The molecule has 32 heavy (non-hydrogen) atoms. The molecule has 2 amide bonds. The first-order valence-electron chi connectivity index (χ1n) is 10.7. The lowest BCUT2D eigenvalue weighted by atomic mass is 9.98.